The molecule has 510 valence electrons. The molecular formula is C63H89F2IN14O13. The Morgan fingerprint density at radius 2 is 1.34 bits per heavy atom. The molecule has 6 amide bonds. The summed E-state index contributed by atoms with van der Waals surface area (Å²) in [7, 11) is 1.44. The standard InChI is InChI=1S/C63H89F2IN14O13/c1-44(62(92)79-32-30-74(31-33-79)21-6-7-34-93-49-16-17-52-51(35-49)50(18-20-69-52)60(90)70-38-56(83)80-43-63(64,65)36-48(80)37-67-3)71-61(91)53(10-4-5-19-68-45(2)72-54(81)11-8-9-46-12-14-47(66)15-13-46)73-55(82)39-75-22-24-76(40-57(84)85)26-28-78(42-59(88)89)29-27-77(25-23-75)41-58(86)87/h12-18,20,35,37,44,48,53H,4-11,19,21-34,36,38-43H2,1-3H3,(H,70,90)(H,71,91)(H,73,82)(H,84,85)(H,86,87)(H,88,89)(H,68,72,81)/b67-37+/t44-,48+,53-/m0/s1. The molecule has 0 bridgehead atoms. The van der Waals surface area contributed by atoms with Crippen LogP contribution >= 0.6 is 22.6 Å². The van der Waals surface area contributed by atoms with Crippen LogP contribution in [0.4, 0.5) is 8.78 Å². The second kappa shape index (κ2) is 38.1. The van der Waals surface area contributed by atoms with Crippen molar-refractivity contribution < 1.29 is 72.0 Å². The number of halogens is 3. The molecule has 3 aliphatic heterocycles. The summed E-state index contributed by atoms with van der Waals surface area (Å²) in [6.07, 6.45) is 6.52. The fraction of sp³-hybridized carbons (Fsp3) is 0.587. The van der Waals surface area contributed by atoms with Gasteiger partial charge >= 0.3 is 17.9 Å². The van der Waals surface area contributed by atoms with E-state index in [0.29, 0.717) is 93.9 Å². The smallest absolute Gasteiger partial charge is 0.317 e. The molecule has 0 spiro atoms. The van der Waals surface area contributed by atoms with Crippen molar-refractivity contribution in [2.24, 2.45) is 9.98 Å². The number of fused-ring (bicyclic) bond motifs is 1. The number of aliphatic imine (C=N–C) groups is 2. The first-order chi connectivity index (χ1) is 44.4. The molecule has 3 fully saturated rings. The van der Waals surface area contributed by atoms with Crippen molar-refractivity contribution in [3.05, 3.63) is 69.4 Å². The number of likely N-dealkylation sites (tertiary alicyclic amines) is 1. The van der Waals surface area contributed by atoms with Gasteiger partial charge in [-0.15, -0.1) is 0 Å². The summed E-state index contributed by atoms with van der Waals surface area (Å²) >= 11 is 2.25. The van der Waals surface area contributed by atoms with Crippen molar-refractivity contribution >= 4 is 98.9 Å². The summed E-state index contributed by atoms with van der Waals surface area (Å²) in [5.74, 6) is -8.16. The average molecular weight is 1420 g/mol. The van der Waals surface area contributed by atoms with E-state index in [0.717, 1.165) is 33.4 Å². The Hall–Kier alpha value is -7.39. The molecule has 3 atom stereocenters. The molecule has 93 heavy (non-hydrogen) atoms. The number of piperazine rings is 1. The van der Waals surface area contributed by atoms with Crippen LogP contribution in [0.15, 0.2) is 64.7 Å². The molecule has 0 saturated carbocycles. The first-order valence-corrected chi connectivity index (χ1v) is 32.6. The lowest BCUT2D eigenvalue weighted by atomic mass is 10.1. The molecule has 3 aromatic rings. The van der Waals surface area contributed by atoms with E-state index in [2.05, 4.69) is 63.7 Å². The molecule has 7 N–H and O–H groups in total. The number of hydrogen-bond donors (Lipinski definition) is 7. The molecule has 6 rings (SSSR count). The highest BCUT2D eigenvalue weighted by molar-refractivity contribution is 14.1. The number of nitrogens with one attached hydrogen (secondary N) is 4. The summed E-state index contributed by atoms with van der Waals surface area (Å²) in [6.45, 7) is 5.75. The van der Waals surface area contributed by atoms with Gasteiger partial charge in [-0.25, -0.2) is 8.78 Å². The van der Waals surface area contributed by atoms with Crippen molar-refractivity contribution in [1.29, 1.82) is 0 Å². The second-order valence-electron chi connectivity index (χ2n) is 23.6. The number of pyridine rings is 1. The number of carboxylic acid groups (broad SMARTS) is 3. The quantitative estimate of drug-likeness (QED) is 0.0210. The molecule has 3 saturated heterocycles. The number of aromatic nitrogens is 1. The number of unbranched alkanes of at least 4 members (excludes halogenated alkanes) is 2. The van der Waals surface area contributed by atoms with Gasteiger partial charge in [0, 0.05) is 126 Å². The molecular weight excluding hydrogens is 1330 g/mol. The van der Waals surface area contributed by atoms with Gasteiger partial charge in [-0.3, -0.25) is 82.6 Å². The number of amidine groups is 1. The molecule has 27 nitrogen and oxygen atoms in total. The summed E-state index contributed by atoms with van der Waals surface area (Å²) < 4.78 is 35.5. The molecule has 3 aliphatic rings. The number of benzene rings is 2. The van der Waals surface area contributed by atoms with Gasteiger partial charge < -0.3 is 51.1 Å². The van der Waals surface area contributed by atoms with E-state index in [1.54, 1.807) is 56.5 Å². The molecule has 0 radical (unpaired) electrons. The number of carbonyl (C=O) groups excluding carboxylic acids is 6. The third-order valence-electron chi connectivity index (χ3n) is 16.2. The number of ether oxygens (including phenoxy) is 1. The highest BCUT2D eigenvalue weighted by Gasteiger charge is 2.46. The number of nitrogens with zero attached hydrogens (tertiary/aromatic N) is 10. The SMILES string of the molecule is C/N=C/[C@H]1CC(F)(F)CN1C(=O)CNC(=O)c1ccnc2ccc(OCCCCN3CCN(C(=O)[C@H](C)NC(=O)[C@H](CCCC/N=C(\C)NC(=O)CCCc4ccc(I)cc4)NC(=O)CN4CCN(CC(=O)O)CCN(CC(=O)O)CCN(CC(=O)O)CC4)CC3)cc12. The van der Waals surface area contributed by atoms with Crippen molar-refractivity contribution in [2.75, 3.05) is 145 Å². The fourth-order valence-electron chi connectivity index (χ4n) is 11.3. The number of aryl methyl sites for hydroxylation is 1. The van der Waals surface area contributed by atoms with Gasteiger partial charge in [-0.2, -0.15) is 0 Å². The Morgan fingerprint density at radius 3 is 1.95 bits per heavy atom. The van der Waals surface area contributed by atoms with Crippen molar-refractivity contribution in [1.82, 2.24) is 60.6 Å². The summed E-state index contributed by atoms with van der Waals surface area (Å²) in [5.41, 5.74) is 1.90. The van der Waals surface area contributed by atoms with Gasteiger partial charge in [-0.1, -0.05) is 12.1 Å². The Kier molecular flexibility index (Phi) is 30.6. The van der Waals surface area contributed by atoms with Crippen LogP contribution in [0.3, 0.4) is 0 Å². The van der Waals surface area contributed by atoms with Crippen LogP contribution < -0.4 is 26.0 Å². The number of aliphatic carboxylic acids is 3. The minimum absolute atomic E-state index is 0.151. The first-order valence-electron chi connectivity index (χ1n) is 31.5. The Balaban J connectivity index is 0.995. The third-order valence-corrected chi connectivity index (χ3v) is 17.0. The van der Waals surface area contributed by atoms with Gasteiger partial charge in [0.25, 0.3) is 11.8 Å². The van der Waals surface area contributed by atoms with Gasteiger partial charge in [0.15, 0.2) is 0 Å². The maximum absolute atomic E-state index is 14.2. The van der Waals surface area contributed by atoms with Crippen molar-refractivity contribution in [3.8, 4) is 5.75 Å². The zero-order chi connectivity index (χ0) is 67.5. The predicted octanol–water partition coefficient (Wildman–Crippen LogP) is 2.00. The van der Waals surface area contributed by atoms with Crippen LogP contribution in [0, 0.1) is 3.57 Å². The van der Waals surface area contributed by atoms with E-state index < -0.39 is 85.1 Å². The maximum atomic E-state index is 14.2. The molecule has 4 heterocycles. The monoisotopic (exact) mass is 1410 g/mol. The number of hydrogen-bond acceptors (Lipinski definition) is 18. The number of carbonyl (C=O) groups is 9. The van der Waals surface area contributed by atoms with E-state index in [-0.39, 0.29) is 102 Å². The van der Waals surface area contributed by atoms with Gasteiger partial charge in [0.1, 0.15) is 17.8 Å². The highest BCUT2D eigenvalue weighted by Crippen LogP contribution is 2.31. The lowest BCUT2D eigenvalue weighted by Crippen LogP contribution is -2.57. The van der Waals surface area contributed by atoms with Crippen molar-refractivity contribution in [3.63, 3.8) is 0 Å². The summed E-state index contributed by atoms with van der Waals surface area (Å²) in [5, 5.41) is 40.5. The third kappa shape index (κ3) is 26.5. The van der Waals surface area contributed by atoms with Crippen LogP contribution in [0.2, 0.25) is 0 Å². The second-order valence-corrected chi connectivity index (χ2v) is 24.9. The number of carboxylic acids is 3. The molecule has 0 unspecified atom stereocenters. The zero-order valence-corrected chi connectivity index (χ0v) is 55.4. The van der Waals surface area contributed by atoms with E-state index in [9.17, 15) is 67.3 Å². The molecule has 2 aromatic carbocycles. The number of amides is 6. The van der Waals surface area contributed by atoms with E-state index in [1.807, 2.05) is 24.3 Å². The molecule has 1 aromatic heterocycles. The topological polar surface area (TPSA) is 332 Å². The molecule has 0 aliphatic carbocycles. The lowest BCUT2D eigenvalue weighted by Gasteiger charge is -2.36. The van der Waals surface area contributed by atoms with Crippen molar-refractivity contribution in [2.45, 2.75) is 95.7 Å². The van der Waals surface area contributed by atoms with Crippen LogP contribution in [-0.2, 0) is 44.8 Å². The Morgan fingerprint density at radius 1 is 0.742 bits per heavy atom. The van der Waals surface area contributed by atoms with Gasteiger partial charge in [-0.05, 0) is 130 Å². The van der Waals surface area contributed by atoms with Gasteiger partial charge in [0.2, 0.25) is 29.5 Å². The van der Waals surface area contributed by atoms with Crippen LogP contribution in [0.1, 0.15) is 81.1 Å². The summed E-state index contributed by atoms with van der Waals surface area (Å²) in [4.78, 5) is 141. The largest absolute Gasteiger partial charge is 0.494 e. The highest BCUT2D eigenvalue weighted by atomic mass is 127. The van der Waals surface area contributed by atoms with Gasteiger partial charge in [0.05, 0.1) is 68.8 Å². The lowest BCUT2D eigenvalue weighted by molar-refractivity contribution is -0.140. The van der Waals surface area contributed by atoms with E-state index in [4.69, 9.17) is 4.74 Å². The summed E-state index contributed by atoms with van der Waals surface area (Å²) in [6, 6.07) is 11.9. The van der Waals surface area contributed by atoms with Crippen LogP contribution in [-0.4, -0.2) is 289 Å². The van der Waals surface area contributed by atoms with Crippen LogP contribution in [0.25, 0.3) is 10.9 Å². The Bertz CT molecular complexity index is 3050. The first kappa shape index (κ1) is 74.6. The number of alkyl halides is 2. The normalized spacial score (nSPS) is 18.3. The average Bonchev–Trinajstić information content (AvgIpc) is 0.945. The minimum atomic E-state index is -3.06. The predicted molar refractivity (Wildman–Crippen MR) is 352 cm³/mol. The van der Waals surface area contributed by atoms with Crippen LogP contribution in [0.5, 0.6) is 5.75 Å². The molecule has 30 heteroatoms. The fourth-order valence-corrected chi connectivity index (χ4v) is 11.6. The maximum Gasteiger partial charge on any atom is 0.317 e. The van der Waals surface area contributed by atoms with E-state index >= 15 is 0 Å². The van der Waals surface area contributed by atoms with E-state index in [1.165, 1.54) is 25.5 Å². The Labute approximate surface area is 554 Å². The minimum Gasteiger partial charge on any atom is -0.494 e. The number of rotatable bonds is 31. The zero-order valence-electron chi connectivity index (χ0n) is 53.2.